The third kappa shape index (κ3) is 4.76. The molecule has 182 valence electrons. The molecule has 5 rings (SSSR count). The summed E-state index contributed by atoms with van der Waals surface area (Å²) in [6.07, 6.45) is 6.48. The van der Waals surface area contributed by atoms with Crippen molar-refractivity contribution in [2.45, 2.75) is 32.7 Å². The molecule has 0 bridgehead atoms. The number of hydrogen-bond donors (Lipinski definition) is 1. The highest BCUT2D eigenvalue weighted by Crippen LogP contribution is 2.29. The Bertz CT molecular complexity index is 1520. The molecule has 36 heavy (non-hydrogen) atoms. The van der Waals surface area contributed by atoms with Crippen LogP contribution in [0.25, 0.3) is 28.3 Å². The van der Waals surface area contributed by atoms with Gasteiger partial charge in [0.15, 0.2) is 0 Å². The molecule has 3 aromatic heterocycles. The summed E-state index contributed by atoms with van der Waals surface area (Å²) in [5.41, 5.74) is 4.99. The van der Waals surface area contributed by atoms with Gasteiger partial charge in [0.1, 0.15) is 0 Å². The second-order valence-corrected chi connectivity index (χ2v) is 9.63. The highest BCUT2D eigenvalue weighted by Gasteiger charge is 2.17. The smallest absolute Gasteiger partial charge is 0.292 e. The lowest BCUT2D eigenvalue weighted by Crippen LogP contribution is -2.25. The quantitative estimate of drug-likeness (QED) is 0.261. The van der Waals surface area contributed by atoms with Crippen LogP contribution in [0.4, 0.5) is 0 Å². The molecular weight excluding hydrogens is 542 g/mol. The lowest BCUT2D eigenvalue weighted by atomic mass is 10.0. The van der Waals surface area contributed by atoms with E-state index in [0.29, 0.717) is 23.1 Å². The topological polar surface area (TPSA) is 94.3 Å². The van der Waals surface area contributed by atoms with Gasteiger partial charge in [-0.3, -0.25) is 14.1 Å². The third-order valence-electron chi connectivity index (χ3n) is 5.99. The van der Waals surface area contributed by atoms with Crippen LogP contribution in [-0.4, -0.2) is 34.7 Å². The zero-order chi connectivity index (χ0) is 25.1. The Labute approximate surface area is 221 Å². The van der Waals surface area contributed by atoms with Crippen molar-refractivity contribution in [3.8, 4) is 28.3 Å². The first-order valence-corrected chi connectivity index (χ1v) is 12.8. The number of benzene rings is 2. The third-order valence-corrected chi connectivity index (χ3v) is 6.93. The van der Waals surface area contributed by atoms with E-state index in [4.69, 9.17) is 11.6 Å². The second kappa shape index (κ2) is 10.6. The van der Waals surface area contributed by atoms with E-state index in [9.17, 15) is 4.79 Å². The maximum atomic E-state index is 13.5. The van der Waals surface area contributed by atoms with E-state index in [0.717, 1.165) is 51.8 Å². The van der Waals surface area contributed by atoms with Crippen LogP contribution in [0.2, 0.25) is 5.02 Å². The van der Waals surface area contributed by atoms with Gasteiger partial charge in [0.25, 0.3) is 0 Å². The van der Waals surface area contributed by atoms with Gasteiger partial charge in [-0.25, -0.2) is 4.79 Å². The van der Waals surface area contributed by atoms with Gasteiger partial charge in [0.2, 0.25) is 5.82 Å². The van der Waals surface area contributed by atoms with E-state index in [-0.39, 0.29) is 5.69 Å². The molecule has 0 aliphatic carbocycles. The Balaban J connectivity index is 1.49. The van der Waals surface area contributed by atoms with Crippen molar-refractivity contribution in [1.29, 1.82) is 0 Å². The second-order valence-electron chi connectivity index (χ2n) is 8.36. The lowest BCUT2D eigenvalue weighted by molar-refractivity contribution is 0.674. The Morgan fingerprint density at radius 3 is 2.64 bits per heavy atom. The molecule has 0 atom stereocenters. The average Bonchev–Trinajstić information content (AvgIpc) is 3.53. The van der Waals surface area contributed by atoms with Crippen molar-refractivity contribution in [2.24, 2.45) is 0 Å². The molecule has 0 aliphatic heterocycles. The highest BCUT2D eigenvalue weighted by atomic mass is 79.9. The molecule has 0 amide bonds. The zero-order valence-corrected chi connectivity index (χ0v) is 21.9. The van der Waals surface area contributed by atoms with E-state index < -0.39 is 0 Å². The van der Waals surface area contributed by atoms with Crippen molar-refractivity contribution in [1.82, 2.24) is 34.7 Å². The fraction of sp³-hybridized carbons (Fsp3) is 0.192. The average molecular weight is 565 g/mol. The number of aromatic nitrogens is 7. The Kier molecular flexibility index (Phi) is 7.11. The van der Waals surface area contributed by atoms with E-state index in [1.54, 1.807) is 16.8 Å². The number of aromatic amines is 1. The Morgan fingerprint density at radius 2 is 1.92 bits per heavy atom. The summed E-state index contributed by atoms with van der Waals surface area (Å²) >= 11 is 10.0. The van der Waals surface area contributed by atoms with Crippen molar-refractivity contribution >= 4 is 27.5 Å². The van der Waals surface area contributed by atoms with Gasteiger partial charge in [0, 0.05) is 33.7 Å². The summed E-state index contributed by atoms with van der Waals surface area (Å²) in [5.74, 6) is 0.487. The number of nitrogens with zero attached hydrogens (tertiary/aromatic N) is 6. The molecular formula is C26H23BrClN7O. The van der Waals surface area contributed by atoms with Crippen LogP contribution < -0.4 is 5.69 Å². The Morgan fingerprint density at radius 1 is 1.08 bits per heavy atom. The van der Waals surface area contributed by atoms with E-state index in [1.165, 1.54) is 0 Å². The van der Waals surface area contributed by atoms with Crippen molar-refractivity contribution in [3.63, 3.8) is 0 Å². The van der Waals surface area contributed by atoms with Crippen LogP contribution >= 0.6 is 27.5 Å². The Hall–Kier alpha value is -3.56. The number of hydrogen-bond acceptors (Lipinski definition) is 5. The molecule has 1 N–H and O–H groups in total. The number of pyridine rings is 1. The number of nitrogens with one attached hydrogen (secondary N) is 1. The number of para-hydroxylation sites is 1. The van der Waals surface area contributed by atoms with Gasteiger partial charge in [-0.2, -0.15) is 5.21 Å². The number of aryl methyl sites for hydroxylation is 1. The minimum Gasteiger partial charge on any atom is -0.292 e. The summed E-state index contributed by atoms with van der Waals surface area (Å²) in [6.45, 7) is 2.59. The largest absolute Gasteiger partial charge is 0.333 e. The van der Waals surface area contributed by atoms with Gasteiger partial charge >= 0.3 is 5.69 Å². The predicted octanol–water partition coefficient (Wildman–Crippen LogP) is 5.69. The molecule has 5 aromatic rings. The van der Waals surface area contributed by atoms with Crippen LogP contribution in [0.1, 0.15) is 31.0 Å². The van der Waals surface area contributed by atoms with Crippen LogP contribution in [0, 0.1) is 0 Å². The minimum absolute atomic E-state index is 0.122. The summed E-state index contributed by atoms with van der Waals surface area (Å²) in [6, 6.07) is 17.3. The number of unbranched alkanes of at least 4 members (excludes halogenated alkanes) is 1. The summed E-state index contributed by atoms with van der Waals surface area (Å²) in [5, 5.41) is 14.8. The highest BCUT2D eigenvalue weighted by molar-refractivity contribution is 9.10. The normalized spacial score (nSPS) is 11.2. The summed E-state index contributed by atoms with van der Waals surface area (Å²) in [4.78, 5) is 18.1. The molecule has 10 heteroatoms. The van der Waals surface area contributed by atoms with Gasteiger partial charge in [-0.15, -0.1) is 10.2 Å². The number of rotatable bonds is 8. The van der Waals surface area contributed by atoms with Crippen molar-refractivity contribution < 1.29 is 0 Å². The zero-order valence-electron chi connectivity index (χ0n) is 19.5. The molecule has 0 radical (unpaired) electrons. The molecule has 0 unspecified atom stereocenters. The fourth-order valence-electron chi connectivity index (χ4n) is 4.18. The molecule has 3 heterocycles. The summed E-state index contributed by atoms with van der Waals surface area (Å²) < 4.78 is 4.23. The first kappa shape index (κ1) is 24.1. The van der Waals surface area contributed by atoms with E-state index >= 15 is 0 Å². The van der Waals surface area contributed by atoms with Crippen LogP contribution in [0.15, 0.2) is 76.3 Å². The number of halogens is 2. The molecule has 8 nitrogen and oxygen atoms in total. The van der Waals surface area contributed by atoms with Gasteiger partial charge in [0.05, 0.1) is 22.9 Å². The van der Waals surface area contributed by atoms with Crippen molar-refractivity contribution in [2.75, 3.05) is 0 Å². The maximum absolute atomic E-state index is 13.5. The number of tetrazole rings is 1. The molecule has 0 saturated carbocycles. The van der Waals surface area contributed by atoms with Gasteiger partial charge in [-0.1, -0.05) is 55.3 Å². The van der Waals surface area contributed by atoms with Crippen molar-refractivity contribution in [3.05, 3.63) is 98.2 Å². The standard InChI is InChI=1S/C26H23BrClN7O/c1-2-3-6-19-16-35(24-21(27)8-4-9-22(24)28)26(36)34(19)15-17-10-12-18(13-11-17)23-20(7-5-14-29-23)25-30-32-33-31-25/h4-5,7-14,16H,2-3,6,15H2,1H3,(H,30,31,32,33). The predicted molar refractivity (Wildman–Crippen MR) is 143 cm³/mol. The number of H-pyrrole nitrogens is 1. The van der Waals surface area contributed by atoms with E-state index in [2.05, 4.69) is 48.5 Å². The van der Waals surface area contributed by atoms with Crippen LogP contribution in [0.3, 0.4) is 0 Å². The monoisotopic (exact) mass is 563 g/mol. The molecule has 0 aliphatic rings. The molecule has 0 fully saturated rings. The van der Waals surface area contributed by atoms with E-state index in [1.807, 2.05) is 59.3 Å². The summed E-state index contributed by atoms with van der Waals surface area (Å²) in [7, 11) is 0. The first-order valence-electron chi connectivity index (χ1n) is 11.6. The lowest BCUT2D eigenvalue weighted by Gasteiger charge is -2.09. The maximum Gasteiger partial charge on any atom is 0.333 e. The molecule has 0 spiro atoms. The molecule has 0 saturated heterocycles. The van der Waals surface area contributed by atoms with Gasteiger partial charge < -0.3 is 0 Å². The van der Waals surface area contributed by atoms with Crippen LogP contribution in [-0.2, 0) is 13.0 Å². The molecule has 2 aromatic carbocycles. The van der Waals surface area contributed by atoms with Crippen LogP contribution in [0.5, 0.6) is 0 Å². The SMILES string of the molecule is CCCCc1cn(-c2c(Cl)cccc2Br)c(=O)n1Cc1ccc(-c2ncccc2-c2nn[nH]n2)cc1. The fourth-order valence-corrected chi connectivity index (χ4v) is 5.11. The van der Waals surface area contributed by atoms with Gasteiger partial charge in [-0.05, 0) is 63.8 Å². The minimum atomic E-state index is -0.122. The number of imidazole rings is 1. The first-order chi connectivity index (χ1) is 17.6.